The van der Waals surface area contributed by atoms with E-state index in [-0.39, 0.29) is 0 Å². The van der Waals surface area contributed by atoms with E-state index in [2.05, 4.69) is 51.1 Å². The highest BCUT2D eigenvalue weighted by atomic mass is 32.1. The molecule has 0 bridgehead atoms. The van der Waals surface area contributed by atoms with E-state index in [0.717, 1.165) is 26.2 Å². The van der Waals surface area contributed by atoms with Gasteiger partial charge in [-0.05, 0) is 62.0 Å². The van der Waals surface area contributed by atoms with Crippen LogP contribution < -0.4 is 0 Å². The predicted octanol–water partition coefficient (Wildman–Crippen LogP) is 4.11. The molecule has 3 nitrogen and oxygen atoms in total. The summed E-state index contributed by atoms with van der Waals surface area (Å²) in [5, 5.41) is 2.38. The fourth-order valence-corrected chi connectivity index (χ4v) is 4.92. The molecule has 23 heavy (non-hydrogen) atoms. The van der Waals surface area contributed by atoms with Gasteiger partial charge in [0, 0.05) is 49.0 Å². The van der Waals surface area contributed by atoms with E-state index in [0.29, 0.717) is 6.04 Å². The van der Waals surface area contributed by atoms with Crippen LogP contribution in [0.25, 0.3) is 0 Å². The lowest BCUT2D eigenvalue weighted by Crippen LogP contribution is -2.35. The van der Waals surface area contributed by atoms with Crippen LogP contribution in [0, 0.1) is 0 Å². The highest BCUT2D eigenvalue weighted by molar-refractivity contribution is 7.10. The molecule has 2 aliphatic rings. The molecule has 4 heteroatoms. The number of likely N-dealkylation sites (tertiary alicyclic amines) is 1. The summed E-state index contributed by atoms with van der Waals surface area (Å²) in [6.07, 6.45) is 6.38. The maximum atomic E-state index is 2.62. The van der Waals surface area contributed by atoms with Gasteiger partial charge in [0.1, 0.15) is 0 Å². The minimum Gasteiger partial charge on any atom is -0.349 e. The first-order chi connectivity index (χ1) is 11.3. The zero-order valence-electron chi connectivity index (χ0n) is 14.1. The van der Waals surface area contributed by atoms with Crippen molar-refractivity contribution in [2.45, 2.75) is 51.9 Å². The first kappa shape index (κ1) is 15.4. The van der Waals surface area contributed by atoms with Crippen molar-refractivity contribution in [3.05, 3.63) is 45.9 Å². The van der Waals surface area contributed by atoms with Crippen molar-refractivity contribution in [3.8, 4) is 0 Å². The van der Waals surface area contributed by atoms with Crippen LogP contribution in [-0.2, 0) is 19.6 Å². The fourth-order valence-electron chi connectivity index (χ4n) is 4.01. The van der Waals surface area contributed by atoms with Gasteiger partial charge in [-0.15, -0.1) is 11.3 Å². The fraction of sp³-hybridized carbons (Fsp3) is 0.579. The molecule has 0 saturated carbocycles. The van der Waals surface area contributed by atoms with E-state index in [1.807, 2.05) is 11.3 Å². The highest BCUT2D eigenvalue weighted by Crippen LogP contribution is 2.28. The molecule has 0 aromatic carbocycles. The Morgan fingerprint density at radius 3 is 2.83 bits per heavy atom. The maximum Gasteiger partial charge on any atom is 0.0476 e. The van der Waals surface area contributed by atoms with Gasteiger partial charge >= 0.3 is 0 Å². The molecule has 0 N–H and O–H groups in total. The summed E-state index contributed by atoms with van der Waals surface area (Å²) in [7, 11) is 0. The Morgan fingerprint density at radius 2 is 1.96 bits per heavy atom. The number of hydrogen-bond acceptors (Lipinski definition) is 3. The summed E-state index contributed by atoms with van der Waals surface area (Å²) in [6.45, 7) is 9.43. The number of thiophene rings is 1. The van der Waals surface area contributed by atoms with Crippen LogP contribution in [0.4, 0.5) is 0 Å². The Labute approximate surface area is 143 Å². The minimum atomic E-state index is 0.520. The number of aromatic nitrogens is 1. The molecule has 2 aromatic rings. The van der Waals surface area contributed by atoms with Gasteiger partial charge in [0.25, 0.3) is 0 Å². The number of hydrogen-bond donors (Lipinski definition) is 0. The van der Waals surface area contributed by atoms with Crippen molar-refractivity contribution >= 4 is 11.3 Å². The van der Waals surface area contributed by atoms with E-state index < -0.39 is 0 Å². The van der Waals surface area contributed by atoms with Gasteiger partial charge in [-0.25, -0.2) is 0 Å². The number of rotatable bonds is 4. The standard InChI is InChI=1S/C19H27N3S/c1-16-19-6-5-9-21(19)10-11-22(16)14-18-12-17(15-23-18)13-20-7-3-2-4-8-20/h5-6,9,12,15-16H,2-4,7-8,10-11,13-14H2,1H3. The molecule has 0 radical (unpaired) electrons. The average molecular weight is 330 g/mol. The zero-order valence-corrected chi connectivity index (χ0v) is 14.9. The molecule has 0 amide bonds. The molecule has 0 spiro atoms. The average Bonchev–Trinajstić information content (AvgIpc) is 3.21. The Kier molecular flexibility index (Phi) is 4.56. The Balaban J connectivity index is 1.38. The number of piperidine rings is 1. The Bertz CT molecular complexity index is 639. The SMILES string of the molecule is CC1c2cccn2CCN1Cc1cc(CN2CCCCC2)cs1. The first-order valence-corrected chi connectivity index (χ1v) is 9.85. The number of nitrogens with zero attached hydrogens (tertiary/aromatic N) is 3. The van der Waals surface area contributed by atoms with E-state index in [1.54, 1.807) is 0 Å². The topological polar surface area (TPSA) is 11.4 Å². The Hall–Kier alpha value is -1.10. The van der Waals surface area contributed by atoms with E-state index in [1.165, 1.54) is 48.5 Å². The van der Waals surface area contributed by atoms with Gasteiger partial charge in [-0.3, -0.25) is 9.80 Å². The molecule has 1 fully saturated rings. The van der Waals surface area contributed by atoms with Crippen molar-refractivity contribution in [3.63, 3.8) is 0 Å². The smallest absolute Gasteiger partial charge is 0.0476 e. The molecule has 2 aromatic heterocycles. The van der Waals surface area contributed by atoms with Crippen molar-refractivity contribution < 1.29 is 0 Å². The predicted molar refractivity (Wildman–Crippen MR) is 96.7 cm³/mol. The lowest BCUT2D eigenvalue weighted by Gasteiger charge is -2.34. The summed E-state index contributed by atoms with van der Waals surface area (Å²) >= 11 is 1.94. The van der Waals surface area contributed by atoms with E-state index in [9.17, 15) is 0 Å². The summed E-state index contributed by atoms with van der Waals surface area (Å²) in [4.78, 5) is 6.75. The van der Waals surface area contributed by atoms with Gasteiger partial charge < -0.3 is 4.57 Å². The normalized spacial score (nSPS) is 23.1. The third-order valence-electron chi connectivity index (χ3n) is 5.39. The maximum absolute atomic E-state index is 2.62. The third-order valence-corrected chi connectivity index (χ3v) is 6.36. The summed E-state index contributed by atoms with van der Waals surface area (Å²) < 4.78 is 2.40. The van der Waals surface area contributed by atoms with Gasteiger partial charge in [0.05, 0.1) is 0 Å². The molecule has 1 saturated heterocycles. The summed E-state index contributed by atoms with van der Waals surface area (Å²) in [5.74, 6) is 0. The number of fused-ring (bicyclic) bond motifs is 1. The van der Waals surface area contributed by atoms with Gasteiger partial charge in [-0.1, -0.05) is 6.42 Å². The van der Waals surface area contributed by atoms with E-state index >= 15 is 0 Å². The third kappa shape index (κ3) is 3.39. The minimum absolute atomic E-state index is 0.520. The molecular formula is C19H27N3S. The van der Waals surface area contributed by atoms with Crippen LogP contribution in [-0.4, -0.2) is 34.0 Å². The Morgan fingerprint density at radius 1 is 1.09 bits per heavy atom. The largest absolute Gasteiger partial charge is 0.349 e. The second-order valence-electron chi connectivity index (χ2n) is 7.03. The van der Waals surface area contributed by atoms with Crippen LogP contribution in [0.5, 0.6) is 0 Å². The van der Waals surface area contributed by atoms with Gasteiger partial charge in [0.15, 0.2) is 0 Å². The summed E-state index contributed by atoms with van der Waals surface area (Å²) in [5.41, 5.74) is 2.97. The quantitative estimate of drug-likeness (QED) is 0.836. The lowest BCUT2D eigenvalue weighted by atomic mass is 10.1. The van der Waals surface area contributed by atoms with Crippen LogP contribution >= 0.6 is 11.3 Å². The second kappa shape index (κ2) is 6.80. The van der Waals surface area contributed by atoms with E-state index in [4.69, 9.17) is 0 Å². The van der Waals surface area contributed by atoms with Gasteiger partial charge in [0.2, 0.25) is 0 Å². The first-order valence-electron chi connectivity index (χ1n) is 8.97. The van der Waals surface area contributed by atoms with Crippen molar-refractivity contribution in [2.75, 3.05) is 19.6 Å². The molecule has 4 heterocycles. The second-order valence-corrected chi connectivity index (χ2v) is 8.03. The monoisotopic (exact) mass is 329 g/mol. The zero-order chi connectivity index (χ0) is 15.6. The van der Waals surface area contributed by atoms with Crippen LogP contribution in [0.1, 0.15) is 48.4 Å². The van der Waals surface area contributed by atoms with Crippen LogP contribution in [0.2, 0.25) is 0 Å². The van der Waals surface area contributed by atoms with Gasteiger partial charge in [-0.2, -0.15) is 0 Å². The molecule has 1 unspecified atom stereocenters. The highest BCUT2D eigenvalue weighted by Gasteiger charge is 2.23. The molecular weight excluding hydrogens is 302 g/mol. The lowest BCUT2D eigenvalue weighted by molar-refractivity contribution is 0.162. The van der Waals surface area contributed by atoms with Crippen molar-refractivity contribution in [1.29, 1.82) is 0 Å². The molecule has 0 aliphatic carbocycles. The van der Waals surface area contributed by atoms with Crippen LogP contribution in [0.15, 0.2) is 29.8 Å². The van der Waals surface area contributed by atoms with Crippen LogP contribution in [0.3, 0.4) is 0 Å². The molecule has 124 valence electrons. The molecule has 1 atom stereocenters. The van der Waals surface area contributed by atoms with Crippen molar-refractivity contribution in [1.82, 2.24) is 14.4 Å². The molecule has 4 rings (SSSR count). The molecule has 2 aliphatic heterocycles. The summed E-state index contributed by atoms with van der Waals surface area (Å²) in [6, 6.07) is 7.41. The van der Waals surface area contributed by atoms with Crippen molar-refractivity contribution in [2.24, 2.45) is 0 Å².